The van der Waals surface area contributed by atoms with Gasteiger partial charge in [0.25, 0.3) is 0 Å². The lowest BCUT2D eigenvalue weighted by Gasteiger charge is -2.34. The number of rotatable bonds is 6. The molecule has 5 nitrogen and oxygen atoms in total. The topological polar surface area (TPSA) is 75.4 Å². The summed E-state index contributed by atoms with van der Waals surface area (Å²) in [5.74, 6) is 0.276. The molecule has 0 saturated carbocycles. The summed E-state index contributed by atoms with van der Waals surface area (Å²) in [5.41, 5.74) is 5.38. The van der Waals surface area contributed by atoms with Crippen LogP contribution in [0, 0.1) is 11.8 Å². The number of likely N-dealkylation sites (tertiary alicyclic amines) is 1. The van der Waals surface area contributed by atoms with Crippen LogP contribution in [0.25, 0.3) is 0 Å². The van der Waals surface area contributed by atoms with E-state index in [4.69, 9.17) is 5.73 Å². The maximum absolute atomic E-state index is 12.3. The molecule has 0 aromatic heterocycles. The highest BCUT2D eigenvalue weighted by molar-refractivity contribution is 5.85. The maximum atomic E-state index is 12.3. The summed E-state index contributed by atoms with van der Waals surface area (Å²) in [6, 6.07) is 0. The van der Waals surface area contributed by atoms with E-state index in [1.54, 1.807) is 0 Å². The predicted molar refractivity (Wildman–Crippen MR) is 82.7 cm³/mol. The Labute approximate surface area is 128 Å². The summed E-state index contributed by atoms with van der Waals surface area (Å²) < 4.78 is 0. The number of amides is 2. The van der Waals surface area contributed by atoms with Gasteiger partial charge in [0.2, 0.25) is 11.8 Å². The normalized spacial score (nSPS) is 18.6. The Hall–Kier alpha value is -0.810. The van der Waals surface area contributed by atoms with Gasteiger partial charge in [0.15, 0.2) is 0 Å². The van der Waals surface area contributed by atoms with Crippen LogP contribution in [0.2, 0.25) is 0 Å². The summed E-state index contributed by atoms with van der Waals surface area (Å²) in [5, 5.41) is 2.82. The van der Waals surface area contributed by atoms with Crippen molar-refractivity contribution in [1.82, 2.24) is 10.2 Å². The number of hydrogen-bond acceptors (Lipinski definition) is 3. The third-order valence-corrected chi connectivity index (χ3v) is 3.88. The summed E-state index contributed by atoms with van der Waals surface area (Å²) in [4.78, 5) is 26.1. The number of piperidine rings is 1. The second kappa shape index (κ2) is 10.00. The number of nitrogens with two attached hydrogens (primary N) is 1. The minimum Gasteiger partial charge on any atom is -0.355 e. The predicted octanol–water partition coefficient (Wildman–Crippen LogP) is 1.16. The van der Waals surface area contributed by atoms with Gasteiger partial charge in [-0.05, 0) is 25.7 Å². The van der Waals surface area contributed by atoms with Gasteiger partial charge in [0, 0.05) is 32.1 Å². The van der Waals surface area contributed by atoms with Crippen molar-refractivity contribution < 1.29 is 9.59 Å². The lowest BCUT2D eigenvalue weighted by atomic mass is 9.94. The minimum absolute atomic E-state index is 0. The fourth-order valence-electron chi connectivity index (χ4n) is 2.63. The molecule has 20 heavy (non-hydrogen) atoms. The Morgan fingerprint density at radius 1 is 1.35 bits per heavy atom. The Bertz CT molecular complexity index is 309. The van der Waals surface area contributed by atoms with Crippen LogP contribution in [-0.4, -0.2) is 42.9 Å². The van der Waals surface area contributed by atoms with Crippen LogP contribution in [0.4, 0.5) is 0 Å². The standard InChI is InChI=1S/C14H27N3O2.ClH/c1-3-11(4-2)14(19)17-9-5-6-12(10-17)13(18)16-8-7-15;/h11-12H,3-10,15H2,1-2H3,(H,16,18);1H. The van der Waals surface area contributed by atoms with Crippen LogP contribution in [0.1, 0.15) is 39.5 Å². The van der Waals surface area contributed by atoms with E-state index in [1.165, 1.54) is 0 Å². The number of carbonyl (C=O) groups is 2. The largest absolute Gasteiger partial charge is 0.355 e. The molecule has 0 spiro atoms. The molecule has 2 amide bonds. The molecular formula is C14H28ClN3O2. The van der Waals surface area contributed by atoms with Crippen molar-refractivity contribution in [2.24, 2.45) is 17.6 Å². The molecule has 1 rings (SSSR count). The fourth-order valence-corrected chi connectivity index (χ4v) is 2.63. The van der Waals surface area contributed by atoms with Crippen LogP contribution < -0.4 is 11.1 Å². The molecule has 3 N–H and O–H groups in total. The number of nitrogens with one attached hydrogen (secondary N) is 1. The molecule has 6 heteroatoms. The van der Waals surface area contributed by atoms with E-state index >= 15 is 0 Å². The van der Waals surface area contributed by atoms with Crippen molar-refractivity contribution in [1.29, 1.82) is 0 Å². The van der Waals surface area contributed by atoms with Crippen molar-refractivity contribution in [3.63, 3.8) is 0 Å². The summed E-state index contributed by atoms with van der Waals surface area (Å²) in [6.07, 6.45) is 3.52. The molecule has 0 bridgehead atoms. The van der Waals surface area contributed by atoms with Crippen molar-refractivity contribution in [2.75, 3.05) is 26.2 Å². The van der Waals surface area contributed by atoms with E-state index in [9.17, 15) is 9.59 Å². The molecule has 0 aromatic rings. The molecule has 1 fully saturated rings. The molecule has 0 radical (unpaired) electrons. The maximum Gasteiger partial charge on any atom is 0.225 e. The second-order valence-corrected chi connectivity index (χ2v) is 5.22. The number of nitrogens with zero attached hydrogens (tertiary/aromatic N) is 1. The fraction of sp³-hybridized carbons (Fsp3) is 0.857. The molecule has 1 saturated heterocycles. The molecule has 118 valence electrons. The highest BCUT2D eigenvalue weighted by Crippen LogP contribution is 2.20. The van der Waals surface area contributed by atoms with Gasteiger partial charge in [-0.2, -0.15) is 0 Å². The van der Waals surface area contributed by atoms with Gasteiger partial charge in [0.1, 0.15) is 0 Å². The first-order chi connectivity index (χ1) is 9.13. The molecule has 1 atom stereocenters. The van der Waals surface area contributed by atoms with Gasteiger partial charge >= 0.3 is 0 Å². The average Bonchev–Trinajstić information content (AvgIpc) is 2.46. The van der Waals surface area contributed by atoms with Crippen LogP contribution in [-0.2, 0) is 9.59 Å². The molecule has 1 aliphatic heterocycles. The highest BCUT2D eigenvalue weighted by Gasteiger charge is 2.30. The first-order valence-electron chi connectivity index (χ1n) is 7.40. The average molecular weight is 306 g/mol. The lowest BCUT2D eigenvalue weighted by molar-refractivity contribution is -0.139. The van der Waals surface area contributed by atoms with E-state index in [2.05, 4.69) is 5.32 Å². The van der Waals surface area contributed by atoms with Gasteiger partial charge in [-0.25, -0.2) is 0 Å². The monoisotopic (exact) mass is 305 g/mol. The molecular weight excluding hydrogens is 278 g/mol. The van der Waals surface area contributed by atoms with Gasteiger partial charge in [-0.1, -0.05) is 13.8 Å². The molecule has 1 aliphatic rings. The van der Waals surface area contributed by atoms with Crippen molar-refractivity contribution in [3.8, 4) is 0 Å². The Balaban J connectivity index is 0.00000361. The van der Waals surface area contributed by atoms with Crippen molar-refractivity contribution >= 4 is 24.2 Å². The number of carbonyl (C=O) groups excluding carboxylic acids is 2. The second-order valence-electron chi connectivity index (χ2n) is 5.22. The van der Waals surface area contributed by atoms with E-state index < -0.39 is 0 Å². The number of halogens is 1. The summed E-state index contributed by atoms with van der Waals surface area (Å²) >= 11 is 0. The Morgan fingerprint density at radius 2 is 2.00 bits per heavy atom. The highest BCUT2D eigenvalue weighted by atomic mass is 35.5. The van der Waals surface area contributed by atoms with Gasteiger partial charge < -0.3 is 16.0 Å². The third-order valence-electron chi connectivity index (χ3n) is 3.88. The lowest BCUT2D eigenvalue weighted by Crippen LogP contribution is -2.47. The first kappa shape index (κ1) is 19.2. The van der Waals surface area contributed by atoms with Crippen molar-refractivity contribution in [3.05, 3.63) is 0 Å². The molecule has 0 aliphatic carbocycles. The Kier molecular flexibility index (Phi) is 9.59. The van der Waals surface area contributed by atoms with Gasteiger partial charge in [-0.3, -0.25) is 9.59 Å². The summed E-state index contributed by atoms with van der Waals surface area (Å²) in [7, 11) is 0. The molecule has 1 heterocycles. The van der Waals surface area contributed by atoms with Crippen LogP contribution in [0.5, 0.6) is 0 Å². The Morgan fingerprint density at radius 3 is 2.55 bits per heavy atom. The van der Waals surface area contributed by atoms with Crippen LogP contribution >= 0.6 is 12.4 Å². The zero-order chi connectivity index (χ0) is 14.3. The molecule has 0 aromatic carbocycles. The summed E-state index contributed by atoms with van der Waals surface area (Å²) in [6.45, 7) is 6.40. The first-order valence-corrected chi connectivity index (χ1v) is 7.40. The zero-order valence-electron chi connectivity index (χ0n) is 12.6. The van der Waals surface area contributed by atoms with Crippen LogP contribution in [0.3, 0.4) is 0 Å². The third kappa shape index (κ3) is 5.29. The van der Waals surface area contributed by atoms with E-state index in [0.29, 0.717) is 19.6 Å². The van der Waals surface area contributed by atoms with E-state index in [-0.39, 0.29) is 36.1 Å². The van der Waals surface area contributed by atoms with Crippen LogP contribution in [0.15, 0.2) is 0 Å². The van der Waals surface area contributed by atoms with Gasteiger partial charge in [0.05, 0.1) is 5.92 Å². The zero-order valence-corrected chi connectivity index (χ0v) is 13.4. The smallest absolute Gasteiger partial charge is 0.225 e. The van der Waals surface area contributed by atoms with E-state index in [0.717, 1.165) is 32.2 Å². The molecule has 1 unspecified atom stereocenters. The van der Waals surface area contributed by atoms with Crippen molar-refractivity contribution in [2.45, 2.75) is 39.5 Å². The van der Waals surface area contributed by atoms with E-state index in [1.807, 2.05) is 18.7 Å². The number of hydrogen-bond donors (Lipinski definition) is 2. The quantitative estimate of drug-likeness (QED) is 0.773. The van der Waals surface area contributed by atoms with Gasteiger partial charge in [-0.15, -0.1) is 12.4 Å². The minimum atomic E-state index is -0.0707. The SMILES string of the molecule is CCC(CC)C(=O)N1CCCC(C(=O)NCCN)C1.Cl.